The summed E-state index contributed by atoms with van der Waals surface area (Å²) in [6.45, 7) is 8.90. The van der Waals surface area contributed by atoms with Gasteiger partial charge in [-0.05, 0) is 33.3 Å². The predicted octanol–water partition coefficient (Wildman–Crippen LogP) is 2.46. The second-order valence-corrected chi connectivity index (χ2v) is 12.8. The van der Waals surface area contributed by atoms with Crippen LogP contribution < -0.4 is 0 Å². The third-order valence-electron chi connectivity index (χ3n) is 7.95. The minimum Gasteiger partial charge on any atom is -0.394 e. The minimum atomic E-state index is -0.858. The van der Waals surface area contributed by atoms with E-state index in [0.717, 1.165) is 5.56 Å². The average Bonchev–Trinajstić information content (AvgIpc) is 3.16. The molecule has 4 heterocycles. The minimum absolute atomic E-state index is 0.0494. The molecule has 1 aromatic carbocycles. The average molecular weight is 510 g/mol. The zero-order valence-corrected chi connectivity index (χ0v) is 22.1. The van der Waals surface area contributed by atoms with Crippen LogP contribution in [0, 0.1) is 11.8 Å². The highest BCUT2D eigenvalue weighted by Gasteiger charge is 2.71. The molecule has 8 heteroatoms. The Morgan fingerprint density at radius 1 is 1.06 bits per heavy atom. The number of rotatable bonds is 4. The van der Waals surface area contributed by atoms with Gasteiger partial charge >= 0.3 is 0 Å². The van der Waals surface area contributed by atoms with Gasteiger partial charge in [0.15, 0.2) is 0 Å². The van der Waals surface area contributed by atoms with Gasteiger partial charge in [0.2, 0.25) is 17.7 Å². The largest absolute Gasteiger partial charge is 0.394 e. The first-order chi connectivity index (χ1) is 17.1. The molecule has 0 saturated carbocycles. The monoisotopic (exact) mass is 509 g/mol. The van der Waals surface area contributed by atoms with Crippen molar-refractivity contribution < 1.29 is 19.5 Å². The number of hydrogen-bond acceptors (Lipinski definition) is 5. The molecular formula is C28H35N3O4S. The molecule has 6 atom stereocenters. The quantitative estimate of drug-likeness (QED) is 0.631. The molecule has 36 heavy (non-hydrogen) atoms. The summed E-state index contributed by atoms with van der Waals surface area (Å²) in [5.74, 6) is -1.61. The molecular weight excluding hydrogens is 474 g/mol. The number of carbonyl (C=O) groups excluding carboxylic acids is 3. The van der Waals surface area contributed by atoms with Gasteiger partial charge in [0.1, 0.15) is 6.04 Å². The number of thioether (sulfide) groups is 1. The van der Waals surface area contributed by atoms with Crippen molar-refractivity contribution in [3.05, 3.63) is 60.2 Å². The van der Waals surface area contributed by atoms with E-state index in [1.54, 1.807) is 23.6 Å². The summed E-state index contributed by atoms with van der Waals surface area (Å²) < 4.78 is -0.858. The van der Waals surface area contributed by atoms with Crippen molar-refractivity contribution in [1.29, 1.82) is 0 Å². The van der Waals surface area contributed by atoms with Gasteiger partial charge in [-0.1, -0.05) is 54.6 Å². The summed E-state index contributed by atoms with van der Waals surface area (Å²) in [6, 6.07) is 8.57. The van der Waals surface area contributed by atoms with Crippen LogP contribution in [0.2, 0.25) is 0 Å². The van der Waals surface area contributed by atoms with E-state index < -0.39 is 34.2 Å². The molecule has 1 spiro atoms. The highest BCUT2D eigenvalue weighted by atomic mass is 32.2. The smallest absolute Gasteiger partial charge is 0.247 e. The lowest BCUT2D eigenvalue weighted by Gasteiger charge is -2.41. The molecule has 4 aliphatic heterocycles. The maximum Gasteiger partial charge on any atom is 0.247 e. The van der Waals surface area contributed by atoms with E-state index in [1.807, 2.05) is 79.1 Å². The van der Waals surface area contributed by atoms with Crippen molar-refractivity contribution in [2.75, 3.05) is 19.7 Å². The van der Waals surface area contributed by atoms with E-state index in [9.17, 15) is 19.5 Å². The number of hydrogen-bond donors (Lipinski definition) is 1. The Balaban J connectivity index is 1.58. The summed E-state index contributed by atoms with van der Waals surface area (Å²) in [4.78, 5) is 47.5. The predicted molar refractivity (Wildman–Crippen MR) is 140 cm³/mol. The molecule has 0 aliphatic carbocycles. The Labute approximate surface area is 217 Å². The van der Waals surface area contributed by atoms with Crippen LogP contribution in [0.15, 0.2) is 54.6 Å². The molecule has 3 amide bonds. The van der Waals surface area contributed by atoms with Crippen molar-refractivity contribution in [3.63, 3.8) is 0 Å². The standard InChI is InChI=1S/C28H35N3O4S/c1-18(17-32)31-23-26(35)30(27(2,3)4)15-9-13-28(23)22(25(31)34)21-20(36-28)12-8-14-29(24(21)33)16-19-10-6-5-7-11-19/h5-13,18,20-23,32H,14-17H2,1-4H3/t18-,20-,21+,22+,23?,28+/m1/s1. The first-order valence-corrected chi connectivity index (χ1v) is 13.6. The van der Waals surface area contributed by atoms with Gasteiger partial charge in [0.05, 0.1) is 29.2 Å². The molecule has 192 valence electrons. The van der Waals surface area contributed by atoms with E-state index >= 15 is 0 Å². The number of benzene rings is 1. The number of amides is 3. The topological polar surface area (TPSA) is 81.2 Å². The lowest BCUT2D eigenvalue weighted by molar-refractivity contribution is -0.148. The fourth-order valence-corrected chi connectivity index (χ4v) is 8.23. The number of aliphatic hydroxyl groups is 1. The van der Waals surface area contributed by atoms with Gasteiger partial charge < -0.3 is 19.8 Å². The second kappa shape index (κ2) is 9.06. The molecule has 4 aliphatic rings. The number of nitrogens with zero attached hydrogens (tertiary/aromatic N) is 3. The van der Waals surface area contributed by atoms with E-state index in [-0.39, 0.29) is 29.6 Å². The van der Waals surface area contributed by atoms with Crippen LogP contribution >= 0.6 is 11.8 Å². The number of carbonyl (C=O) groups is 3. The first-order valence-electron chi connectivity index (χ1n) is 12.7. The Bertz CT molecular complexity index is 1110. The van der Waals surface area contributed by atoms with Gasteiger partial charge in [-0.2, -0.15) is 0 Å². The molecule has 1 unspecified atom stereocenters. The molecule has 2 saturated heterocycles. The molecule has 2 fully saturated rings. The Kier molecular flexibility index (Phi) is 6.32. The molecule has 5 rings (SSSR count). The molecule has 0 radical (unpaired) electrons. The zero-order valence-electron chi connectivity index (χ0n) is 21.3. The first kappa shape index (κ1) is 25.1. The van der Waals surface area contributed by atoms with Crippen LogP contribution in [-0.4, -0.2) is 84.8 Å². The van der Waals surface area contributed by atoms with Crippen molar-refractivity contribution >= 4 is 29.5 Å². The Morgan fingerprint density at radius 3 is 2.44 bits per heavy atom. The van der Waals surface area contributed by atoms with Crippen LogP contribution in [-0.2, 0) is 20.9 Å². The third-order valence-corrected chi connectivity index (χ3v) is 9.69. The van der Waals surface area contributed by atoms with Gasteiger partial charge in [0, 0.05) is 30.4 Å². The maximum absolute atomic E-state index is 14.1. The van der Waals surface area contributed by atoms with Crippen LogP contribution in [0.3, 0.4) is 0 Å². The van der Waals surface area contributed by atoms with Crippen LogP contribution in [0.5, 0.6) is 0 Å². The fraction of sp³-hybridized carbons (Fsp3) is 0.536. The van der Waals surface area contributed by atoms with E-state index in [1.165, 1.54) is 0 Å². The van der Waals surface area contributed by atoms with Gasteiger partial charge in [-0.15, -0.1) is 11.8 Å². The summed E-state index contributed by atoms with van der Waals surface area (Å²) >= 11 is 1.57. The van der Waals surface area contributed by atoms with Crippen molar-refractivity contribution in [2.45, 2.75) is 61.9 Å². The van der Waals surface area contributed by atoms with Gasteiger partial charge in [-0.25, -0.2) is 0 Å². The molecule has 0 bridgehead atoms. The fourth-order valence-electron chi connectivity index (χ4n) is 6.24. The van der Waals surface area contributed by atoms with Crippen LogP contribution in [0.1, 0.15) is 33.3 Å². The summed E-state index contributed by atoms with van der Waals surface area (Å²) in [5.41, 5.74) is 0.604. The van der Waals surface area contributed by atoms with Crippen molar-refractivity contribution in [3.8, 4) is 0 Å². The third kappa shape index (κ3) is 3.80. The Hall–Kier alpha value is -2.58. The van der Waals surface area contributed by atoms with Crippen molar-refractivity contribution in [2.24, 2.45) is 11.8 Å². The Morgan fingerprint density at radius 2 is 1.78 bits per heavy atom. The lowest BCUT2D eigenvalue weighted by atomic mass is 9.78. The van der Waals surface area contributed by atoms with E-state index in [2.05, 4.69) is 6.08 Å². The summed E-state index contributed by atoms with van der Waals surface area (Å²) in [5, 5.41) is 9.86. The number of aliphatic hydroxyl groups excluding tert-OH is 1. The highest BCUT2D eigenvalue weighted by Crippen LogP contribution is 2.61. The summed E-state index contributed by atoms with van der Waals surface area (Å²) in [6.07, 6.45) is 8.09. The van der Waals surface area contributed by atoms with E-state index in [4.69, 9.17) is 0 Å². The number of likely N-dealkylation sites (tertiary alicyclic amines) is 1. The maximum atomic E-state index is 14.1. The molecule has 0 aromatic heterocycles. The molecule has 1 N–H and O–H groups in total. The van der Waals surface area contributed by atoms with Crippen LogP contribution in [0.25, 0.3) is 0 Å². The number of fused-ring (bicyclic) bond motifs is 2. The normalized spacial score (nSPS) is 32.8. The van der Waals surface area contributed by atoms with E-state index in [0.29, 0.717) is 19.6 Å². The second-order valence-electron chi connectivity index (χ2n) is 11.3. The summed E-state index contributed by atoms with van der Waals surface area (Å²) in [7, 11) is 0. The van der Waals surface area contributed by atoms with Gasteiger partial charge in [0.25, 0.3) is 0 Å². The highest BCUT2D eigenvalue weighted by molar-refractivity contribution is 8.02. The molecule has 7 nitrogen and oxygen atoms in total. The molecule has 1 aromatic rings. The SMILES string of the molecule is C[C@H](CO)N1C(=O)[C@@H]2[C@H]3C(=O)N(Cc4ccccc4)CC=C[C@H]3S[C@@]23C=CCN(C(C)(C)C)C(=O)C13. The zero-order chi connectivity index (χ0) is 25.8. The lowest BCUT2D eigenvalue weighted by Crippen LogP contribution is -2.59. The van der Waals surface area contributed by atoms with Crippen LogP contribution in [0.4, 0.5) is 0 Å². The van der Waals surface area contributed by atoms with Gasteiger partial charge in [-0.3, -0.25) is 14.4 Å². The van der Waals surface area contributed by atoms with Crippen molar-refractivity contribution in [1.82, 2.24) is 14.7 Å².